The molecular formula is C8H2F5IN2. The lowest BCUT2D eigenvalue weighted by Gasteiger charge is -2.11. The van der Waals surface area contributed by atoms with Crippen molar-refractivity contribution in [2.45, 2.75) is 12.6 Å². The van der Waals surface area contributed by atoms with Gasteiger partial charge in [0.05, 0.1) is 0 Å². The fourth-order valence-electron chi connectivity index (χ4n) is 0.995. The van der Waals surface area contributed by atoms with Gasteiger partial charge >= 0.3 is 6.18 Å². The van der Waals surface area contributed by atoms with Gasteiger partial charge in [-0.3, -0.25) is 0 Å². The van der Waals surface area contributed by atoms with Gasteiger partial charge in [-0.1, -0.05) is 0 Å². The largest absolute Gasteiger partial charge is 0.420 e. The van der Waals surface area contributed by atoms with Gasteiger partial charge in [0.15, 0.2) is 5.69 Å². The summed E-state index contributed by atoms with van der Waals surface area (Å²) in [6.07, 6.45) is -7.79. The molecule has 8 heteroatoms. The third-order valence-corrected chi connectivity index (χ3v) is 2.45. The lowest BCUT2D eigenvalue weighted by atomic mass is 10.1. The molecule has 0 unspecified atom stereocenters. The van der Waals surface area contributed by atoms with E-state index in [0.717, 1.165) is 0 Å². The minimum atomic E-state index is -4.78. The Morgan fingerprint density at radius 2 is 1.94 bits per heavy atom. The smallest absolute Gasteiger partial charge is 0.235 e. The Hall–Kier alpha value is -0.980. The summed E-state index contributed by atoms with van der Waals surface area (Å²) in [4.78, 5) is 2.98. The van der Waals surface area contributed by atoms with Crippen molar-refractivity contribution in [3.63, 3.8) is 0 Å². The van der Waals surface area contributed by atoms with Crippen LogP contribution in [-0.2, 0) is 6.18 Å². The highest BCUT2D eigenvalue weighted by Gasteiger charge is 2.37. The Bertz CT molecular complexity index is 449. The summed E-state index contributed by atoms with van der Waals surface area (Å²) in [5.41, 5.74) is -3.15. The molecule has 0 atom stereocenters. The number of aromatic nitrogens is 1. The molecule has 86 valence electrons. The number of hydrogen-bond donors (Lipinski definition) is 0. The second-order valence-electron chi connectivity index (χ2n) is 2.66. The fourth-order valence-corrected chi connectivity index (χ4v) is 1.88. The predicted octanol–water partition coefficient (Wildman–Crippen LogP) is 3.51. The van der Waals surface area contributed by atoms with Crippen molar-refractivity contribution >= 4 is 22.6 Å². The van der Waals surface area contributed by atoms with Crippen molar-refractivity contribution in [2.75, 3.05) is 0 Å². The molecule has 2 nitrogen and oxygen atoms in total. The summed E-state index contributed by atoms with van der Waals surface area (Å²) >= 11 is 1.25. The molecule has 1 aromatic heterocycles. The van der Waals surface area contributed by atoms with E-state index in [2.05, 4.69) is 4.98 Å². The molecule has 1 heterocycles. The van der Waals surface area contributed by atoms with Crippen LogP contribution in [0.25, 0.3) is 0 Å². The molecule has 1 aromatic rings. The molecule has 1 rings (SSSR count). The summed E-state index contributed by atoms with van der Waals surface area (Å²) in [5, 5.41) is 8.45. The van der Waals surface area contributed by atoms with E-state index < -0.39 is 33.1 Å². The van der Waals surface area contributed by atoms with E-state index in [-0.39, 0.29) is 0 Å². The fraction of sp³-hybridized carbons (Fsp3) is 0.250. The number of nitriles is 1. The molecule has 0 fully saturated rings. The minimum absolute atomic E-state index is 0.466. The molecule has 0 aliphatic heterocycles. The van der Waals surface area contributed by atoms with Crippen molar-refractivity contribution in [3.8, 4) is 6.07 Å². The van der Waals surface area contributed by atoms with Crippen LogP contribution in [0.1, 0.15) is 23.4 Å². The van der Waals surface area contributed by atoms with Crippen LogP contribution in [0.4, 0.5) is 22.0 Å². The second kappa shape index (κ2) is 4.48. The predicted molar refractivity (Wildman–Crippen MR) is 51.6 cm³/mol. The van der Waals surface area contributed by atoms with Gasteiger partial charge in [0.2, 0.25) is 0 Å². The number of nitrogens with zero attached hydrogens (tertiary/aromatic N) is 2. The van der Waals surface area contributed by atoms with Crippen LogP contribution in [0.15, 0.2) is 6.07 Å². The van der Waals surface area contributed by atoms with Gasteiger partial charge in [-0.15, -0.1) is 0 Å². The van der Waals surface area contributed by atoms with Gasteiger partial charge in [0, 0.05) is 3.57 Å². The summed E-state index contributed by atoms with van der Waals surface area (Å²) in [6.45, 7) is 0. The van der Waals surface area contributed by atoms with E-state index in [4.69, 9.17) is 5.26 Å². The van der Waals surface area contributed by atoms with Gasteiger partial charge in [-0.05, 0) is 28.7 Å². The Kier molecular flexibility index (Phi) is 3.67. The van der Waals surface area contributed by atoms with Gasteiger partial charge in [-0.2, -0.15) is 18.4 Å². The highest BCUT2D eigenvalue weighted by atomic mass is 127. The third kappa shape index (κ3) is 2.58. The number of halogens is 6. The second-order valence-corrected chi connectivity index (χ2v) is 3.83. The molecule has 0 saturated carbocycles. The summed E-state index contributed by atoms with van der Waals surface area (Å²) in [5.74, 6) is 0. The molecule has 0 amide bonds. The normalized spacial score (nSPS) is 11.6. The van der Waals surface area contributed by atoms with Crippen molar-refractivity contribution in [1.29, 1.82) is 5.26 Å². The Morgan fingerprint density at radius 1 is 1.38 bits per heavy atom. The van der Waals surface area contributed by atoms with Crippen LogP contribution in [0.2, 0.25) is 0 Å². The van der Waals surface area contributed by atoms with Crippen LogP contribution >= 0.6 is 22.6 Å². The van der Waals surface area contributed by atoms with Crippen LogP contribution in [0.3, 0.4) is 0 Å². The number of pyridine rings is 1. The van der Waals surface area contributed by atoms with E-state index in [0.29, 0.717) is 6.07 Å². The molecule has 0 aliphatic carbocycles. The third-order valence-electron chi connectivity index (χ3n) is 1.60. The molecule has 0 saturated heterocycles. The van der Waals surface area contributed by atoms with E-state index in [1.807, 2.05) is 0 Å². The lowest BCUT2D eigenvalue weighted by molar-refractivity contribution is -0.138. The topological polar surface area (TPSA) is 36.7 Å². The van der Waals surface area contributed by atoms with Crippen LogP contribution in [0.5, 0.6) is 0 Å². The van der Waals surface area contributed by atoms with Crippen LogP contribution < -0.4 is 0 Å². The van der Waals surface area contributed by atoms with Crippen molar-refractivity contribution in [2.24, 2.45) is 0 Å². The van der Waals surface area contributed by atoms with Crippen molar-refractivity contribution in [1.82, 2.24) is 4.98 Å². The van der Waals surface area contributed by atoms with Crippen molar-refractivity contribution in [3.05, 3.63) is 26.6 Å². The number of alkyl halides is 5. The van der Waals surface area contributed by atoms with Gasteiger partial charge in [0.25, 0.3) is 6.43 Å². The quantitative estimate of drug-likeness (QED) is 0.575. The van der Waals surface area contributed by atoms with E-state index in [1.54, 1.807) is 0 Å². The zero-order valence-corrected chi connectivity index (χ0v) is 9.47. The number of rotatable bonds is 1. The highest BCUT2D eigenvalue weighted by Crippen LogP contribution is 2.35. The average Bonchev–Trinajstić information content (AvgIpc) is 2.14. The maximum absolute atomic E-state index is 12.4. The number of hydrogen-bond acceptors (Lipinski definition) is 2. The zero-order valence-electron chi connectivity index (χ0n) is 7.32. The van der Waals surface area contributed by atoms with E-state index in [1.165, 1.54) is 28.7 Å². The Balaban J connectivity index is 3.49. The van der Waals surface area contributed by atoms with Gasteiger partial charge in [0.1, 0.15) is 17.3 Å². The van der Waals surface area contributed by atoms with Crippen molar-refractivity contribution < 1.29 is 22.0 Å². The molecule has 0 radical (unpaired) electrons. The van der Waals surface area contributed by atoms with E-state index >= 15 is 0 Å². The first-order valence-corrected chi connectivity index (χ1v) is 4.81. The Labute approximate surface area is 100 Å². The lowest BCUT2D eigenvalue weighted by Crippen LogP contribution is -2.13. The summed E-state index contributed by atoms with van der Waals surface area (Å²) in [7, 11) is 0. The first-order chi connectivity index (χ1) is 7.27. The molecule has 0 aromatic carbocycles. The standard InChI is InChI=1S/C8H2F5IN2/c9-7(10)4-1-3(14)6(8(11,12)13)5(2-15)16-4/h1,7H. The Morgan fingerprint density at radius 3 is 2.31 bits per heavy atom. The minimum Gasteiger partial charge on any atom is -0.235 e. The molecule has 0 aliphatic rings. The van der Waals surface area contributed by atoms with Gasteiger partial charge < -0.3 is 0 Å². The molecule has 0 bridgehead atoms. The zero-order chi connectivity index (χ0) is 12.5. The molecule has 16 heavy (non-hydrogen) atoms. The maximum Gasteiger partial charge on any atom is 0.420 e. The average molecular weight is 348 g/mol. The summed E-state index contributed by atoms with van der Waals surface area (Å²) < 4.78 is 61.3. The molecular weight excluding hydrogens is 346 g/mol. The van der Waals surface area contributed by atoms with Gasteiger partial charge in [-0.25, -0.2) is 13.8 Å². The SMILES string of the molecule is N#Cc1nc(C(F)F)cc(I)c1C(F)(F)F. The first-order valence-electron chi connectivity index (χ1n) is 3.73. The maximum atomic E-state index is 12.4. The summed E-state index contributed by atoms with van der Waals surface area (Å²) in [6, 6.07) is 1.79. The molecule has 0 N–H and O–H groups in total. The molecule has 0 spiro atoms. The monoisotopic (exact) mass is 348 g/mol. The first kappa shape index (κ1) is 13.1. The van der Waals surface area contributed by atoms with Crippen LogP contribution in [-0.4, -0.2) is 4.98 Å². The highest BCUT2D eigenvalue weighted by molar-refractivity contribution is 14.1. The van der Waals surface area contributed by atoms with Crippen LogP contribution in [0, 0.1) is 14.9 Å². The van der Waals surface area contributed by atoms with E-state index in [9.17, 15) is 22.0 Å².